The Morgan fingerprint density at radius 1 is 1.25 bits per heavy atom. The Bertz CT molecular complexity index is 961. The molecule has 0 aliphatic rings. The summed E-state index contributed by atoms with van der Waals surface area (Å²) in [6.45, 7) is 4.44. The minimum Gasteiger partial charge on any atom is -0.249 e. The van der Waals surface area contributed by atoms with Gasteiger partial charge in [0, 0.05) is 13.6 Å². The van der Waals surface area contributed by atoms with Crippen LogP contribution < -0.4 is 4.72 Å². The van der Waals surface area contributed by atoms with Crippen molar-refractivity contribution in [3.05, 3.63) is 30.4 Å². The first-order valence-corrected chi connectivity index (χ1v) is 9.14. The number of aromatic nitrogens is 6. The maximum absolute atomic E-state index is 12.9. The predicted octanol–water partition coefficient (Wildman–Crippen LogP) is 1.01. The summed E-state index contributed by atoms with van der Waals surface area (Å²) in [4.78, 5) is 5.66. The van der Waals surface area contributed by atoms with E-state index < -0.39 is 16.1 Å². The van der Waals surface area contributed by atoms with Gasteiger partial charge in [-0.15, -0.1) is 0 Å². The fourth-order valence-electron chi connectivity index (χ4n) is 2.59. The first-order chi connectivity index (χ1) is 11.5. The van der Waals surface area contributed by atoms with Gasteiger partial charge in [-0.25, -0.2) is 22.8 Å². The van der Waals surface area contributed by atoms with Crippen molar-refractivity contribution in [2.24, 2.45) is 7.05 Å². The highest BCUT2D eigenvalue weighted by Crippen LogP contribution is 2.23. The molecular weight excluding hydrogens is 330 g/mol. The van der Waals surface area contributed by atoms with Gasteiger partial charge >= 0.3 is 0 Å². The van der Waals surface area contributed by atoms with Crippen LogP contribution >= 0.6 is 0 Å². The van der Waals surface area contributed by atoms with Gasteiger partial charge in [0.1, 0.15) is 28.1 Å². The average molecular weight is 349 g/mol. The minimum atomic E-state index is -3.78. The molecule has 1 unspecified atom stereocenters. The summed E-state index contributed by atoms with van der Waals surface area (Å²) < 4.78 is 30.1. The fourth-order valence-corrected chi connectivity index (χ4v) is 4.02. The molecule has 0 saturated carbocycles. The van der Waals surface area contributed by atoms with E-state index in [0.717, 1.165) is 0 Å². The Kier molecular flexibility index (Phi) is 4.33. The second-order valence-electron chi connectivity index (χ2n) is 5.33. The van der Waals surface area contributed by atoms with Crippen LogP contribution in [-0.2, 0) is 23.6 Å². The van der Waals surface area contributed by atoms with Crippen LogP contribution in [0.25, 0.3) is 11.0 Å². The molecule has 1 atom stereocenters. The number of benzene rings is 1. The number of fused-ring (bicyclic) bond motifs is 1. The lowest BCUT2D eigenvalue weighted by molar-refractivity contribution is 0.503. The molecule has 0 radical (unpaired) electrons. The van der Waals surface area contributed by atoms with E-state index in [1.54, 1.807) is 23.9 Å². The molecule has 128 valence electrons. The van der Waals surface area contributed by atoms with Crippen molar-refractivity contribution in [3.8, 4) is 0 Å². The summed E-state index contributed by atoms with van der Waals surface area (Å²) >= 11 is 0. The lowest BCUT2D eigenvalue weighted by atomic mass is 10.2. The molecule has 0 aliphatic carbocycles. The summed E-state index contributed by atoms with van der Waals surface area (Å²) in [6, 6.07) is 4.44. The molecule has 0 spiro atoms. The van der Waals surface area contributed by atoms with Crippen LogP contribution in [0.1, 0.15) is 32.1 Å². The molecule has 3 rings (SSSR count). The normalized spacial score (nSPS) is 13.5. The number of nitrogens with one attached hydrogen (secondary N) is 1. The standard InChI is InChI=1S/C14H19N7O2S/c1-4-10(14-15-9-16-21(14)5-2)19-24(22,23)12-8-6-7-11-13(12)18-20(3)17-11/h6-10,19H,4-5H2,1-3H3. The van der Waals surface area contributed by atoms with Crippen molar-refractivity contribution in [1.82, 2.24) is 34.5 Å². The second-order valence-corrected chi connectivity index (χ2v) is 7.01. The monoisotopic (exact) mass is 349 g/mol. The summed E-state index contributed by atoms with van der Waals surface area (Å²) in [5.41, 5.74) is 0.879. The number of sulfonamides is 1. The summed E-state index contributed by atoms with van der Waals surface area (Å²) in [5, 5.41) is 12.4. The Morgan fingerprint density at radius 3 is 2.75 bits per heavy atom. The van der Waals surface area contributed by atoms with Gasteiger partial charge in [-0.1, -0.05) is 13.0 Å². The molecule has 24 heavy (non-hydrogen) atoms. The highest BCUT2D eigenvalue weighted by molar-refractivity contribution is 7.89. The van der Waals surface area contributed by atoms with Crippen LogP contribution in [0.15, 0.2) is 29.4 Å². The molecule has 0 aliphatic heterocycles. The van der Waals surface area contributed by atoms with E-state index in [9.17, 15) is 8.42 Å². The van der Waals surface area contributed by atoms with Crippen molar-refractivity contribution >= 4 is 21.1 Å². The lowest BCUT2D eigenvalue weighted by Crippen LogP contribution is -2.30. The van der Waals surface area contributed by atoms with Gasteiger partial charge in [0.25, 0.3) is 0 Å². The zero-order valence-corrected chi connectivity index (χ0v) is 14.5. The molecule has 3 aromatic rings. The van der Waals surface area contributed by atoms with E-state index in [1.165, 1.54) is 17.2 Å². The third-order valence-electron chi connectivity index (χ3n) is 3.73. The smallest absolute Gasteiger partial charge is 0.243 e. The molecule has 1 aromatic carbocycles. The third kappa shape index (κ3) is 2.89. The number of rotatable bonds is 6. The third-order valence-corrected chi connectivity index (χ3v) is 5.23. The van der Waals surface area contributed by atoms with Gasteiger partial charge in [-0.2, -0.15) is 20.1 Å². The molecule has 2 aromatic heterocycles. The highest BCUT2D eigenvalue weighted by atomic mass is 32.2. The lowest BCUT2D eigenvalue weighted by Gasteiger charge is -2.17. The topological polar surface area (TPSA) is 108 Å². The van der Waals surface area contributed by atoms with Crippen LogP contribution in [0.5, 0.6) is 0 Å². The van der Waals surface area contributed by atoms with Crippen molar-refractivity contribution in [2.75, 3.05) is 0 Å². The van der Waals surface area contributed by atoms with Gasteiger partial charge in [-0.05, 0) is 25.5 Å². The predicted molar refractivity (Wildman–Crippen MR) is 87.6 cm³/mol. The molecule has 10 heteroatoms. The van der Waals surface area contributed by atoms with Gasteiger partial charge in [0.05, 0.1) is 6.04 Å². The van der Waals surface area contributed by atoms with E-state index in [2.05, 4.69) is 25.0 Å². The SMILES string of the molecule is CCC(NS(=O)(=O)c1cccc2nn(C)nc12)c1ncnn1CC. The maximum atomic E-state index is 12.9. The maximum Gasteiger partial charge on any atom is 0.243 e. The largest absolute Gasteiger partial charge is 0.249 e. The van der Waals surface area contributed by atoms with Crippen LogP contribution in [0, 0.1) is 0 Å². The van der Waals surface area contributed by atoms with E-state index in [1.807, 2.05) is 13.8 Å². The summed E-state index contributed by atoms with van der Waals surface area (Å²) in [5.74, 6) is 0.592. The van der Waals surface area contributed by atoms with E-state index in [-0.39, 0.29) is 4.90 Å². The molecule has 9 nitrogen and oxygen atoms in total. The van der Waals surface area contributed by atoms with Crippen molar-refractivity contribution < 1.29 is 8.42 Å². The summed E-state index contributed by atoms with van der Waals surface area (Å²) in [7, 11) is -2.13. The number of nitrogens with zero attached hydrogens (tertiary/aromatic N) is 6. The number of aryl methyl sites for hydroxylation is 2. The van der Waals surface area contributed by atoms with Crippen LogP contribution in [0.4, 0.5) is 0 Å². The van der Waals surface area contributed by atoms with Crippen molar-refractivity contribution in [2.45, 2.75) is 37.8 Å². The first kappa shape index (κ1) is 16.5. The Hall–Kier alpha value is -2.33. The van der Waals surface area contributed by atoms with Gasteiger partial charge in [0.15, 0.2) is 0 Å². The molecule has 0 amide bonds. The van der Waals surface area contributed by atoms with Crippen molar-refractivity contribution in [1.29, 1.82) is 0 Å². The summed E-state index contributed by atoms with van der Waals surface area (Å²) in [6.07, 6.45) is 1.98. The fraction of sp³-hybridized carbons (Fsp3) is 0.429. The molecule has 0 bridgehead atoms. The molecular formula is C14H19N7O2S. The average Bonchev–Trinajstić information content (AvgIpc) is 3.16. The van der Waals surface area contributed by atoms with Crippen molar-refractivity contribution in [3.63, 3.8) is 0 Å². The van der Waals surface area contributed by atoms with Crippen LogP contribution in [-0.4, -0.2) is 38.2 Å². The van der Waals surface area contributed by atoms with Crippen LogP contribution in [0.2, 0.25) is 0 Å². The quantitative estimate of drug-likeness (QED) is 0.711. The Balaban J connectivity index is 2.00. The Morgan fingerprint density at radius 2 is 2.04 bits per heavy atom. The molecule has 0 saturated heterocycles. The highest BCUT2D eigenvalue weighted by Gasteiger charge is 2.26. The van der Waals surface area contributed by atoms with E-state index in [0.29, 0.717) is 29.8 Å². The molecule has 2 heterocycles. The molecule has 1 N–H and O–H groups in total. The zero-order chi connectivity index (χ0) is 17.3. The first-order valence-electron chi connectivity index (χ1n) is 7.66. The van der Waals surface area contributed by atoms with Gasteiger partial charge < -0.3 is 0 Å². The van der Waals surface area contributed by atoms with E-state index >= 15 is 0 Å². The van der Waals surface area contributed by atoms with E-state index in [4.69, 9.17) is 0 Å². The van der Waals surface area contributed by atoms with Crippen LogP contribution in [0.3, 0.4) is 0 Å². The Labute approximate surface area is 139 Å². The zero-order valence-electron chi connectivity index (χ0n) is 13.7. The van der Waals surface area contributed by atoms with Gasteiger partial charge in [-0.3, -0.25) is 0 Å². The molecule has 0 fully saturated rings. The second kappa shape index (κ2) is 6.29. The van der Waals surface area contributed by atoms with Gasteiger partial charge in [0.2, 0.25) is 10.0 Å². The number of hydrogen-bond acceptors (Lipinski definition) is 6. The number of hydrogen-bond donors (Lipinski definition) is 1. The minimum absolute atomic E-state index is 0.106.